The molecule has 1 aliphatic rings. The van der Waals surface area contributed by atoms with Crippen molar-refractivity contribution in [2.45, 2.75) is 24.4 Å². The number of aromatic nitrogens is 1. The number of amides is 2. The monoisotopic (exact) mass is 567 g/mol. The first-order chi connectivity index (χ1) is 19.1. The van der Waals surface area contributed by atoms with E-state index >= 15 is 0 Å². The summed E-state index contributed by atoms with van der Waals surface area (Å²) in [7, 11) is -4.14. The van der Waals surface area contributed by atoms with Gasteiger partial charge in [-0.3, -0.25) is 29.5 Å². The minimum absolute atomic E-state index is 0.104. The molecule has 1 saturated heterocycles. The first-order valence-electron chi connectivity index (χ1n) is 12.1. The van der Waals surface area contributed by atoms with Crippen molar-refractivity contribution < 1.29 is 32.8 Å². The number of aliphatic carboxylic acids is 1. The molecule has 0 bridgehead atoms. The molecule has 0 radical (unpaired) electrons. The standard InChI is InChI=1S/C26H25N5O8S/c32-23(33)16-22(20-7-4-8-21(15-20)31(36)37)28-24(34)25-29(26(35)19-9-11-27-12-10-19)13-14-30(25)40(38,39)17-18-5-2-1-3-6-18/h1-12,15,22,25H,13-14,16-17H2,(H,28,34)(H,32,33). The molecule has 2 heterocycles. The molecule has 0 aliphatic carbocycles. The highest BCUT2D eigenvalue weighted by atomic mass is 32.2. The molecule has 1 fully saturated rings. The normalized spacial score (nSPS) is 16.3. The fraction of sp³-hybridized carbons (Fsp3) is 0.231. The zero-order chi connectivity index (χ0) is 28.9. The van der Waals surface area contributed by atoms with Gasteiger partial charge >= 0.3 is 5.97 Å². The van der Waals surface area contributed by atoms with Crippen LogP contribution in [-0.4, -0.2) is 69.7 Å². The molecular weight excluding hydrogens is 542 g/mol. The number of nitro groups is 1. The molecule has 1 aromatic heterocycles. The number of carboxylic acid groups (broad SMARTS) is 1. The van der Waals surface area contributed by atoms with Crippen molar-refractivity contribution in [3.8, 4) is 0 Å². The van der Waals surface area contributed by atoms with Crippen molar-refractivity contribution in [3.05, 3.63) is 106 Å². The lowest BCUT2D eigenvalue weighted by Gasteiger charge is -2.30. The van der Waals surface area contributed by atoms with E-state index in [2.05, 4.69) is 10.3 Å². The van der Waals surface area contributed by atoms with Crippen molar-refractivity contribution >= 4 is 33.5 Å². The number of carbonyl (C=O) groups excluding carboxylic acids is 2. The summed E-state index contributed by atoms with van der Waals surface area (Å²) in [5.41, 5.74) is 0.468. The molecule has 40 heavy (non-hydrogen) atoms. The number of rotatable bonds is 10. The topological polar surface area (TPSA) is 180 Å². The first kappa shape index (κ1) is 28.3. The maximum atomic E-state index is 13.7. The van der Waals surface area contributed by atoms with Gasteiger partial charge in [-0.1, -0.05) is 42.5 Å². The van der Waals surface area contributed by atoms with Crippen molar-refractivity contribution in [1.82, 2.24) is 19.5 Å². The number of nitrogens with zero attached hydrogens (tertiary/aromatic N) is 4. The van der Waals surface area contributed by atoms with Gasteiger partial charge in [0, 0.05) is 43.2 Å². The molecule has 0 saturated carbocycles. The van der Waals surface area contributed by atoms with E-state index in [9.17, 15) is 38.0 Å². The zero-order valence-corrected chi connectivity index (χ0v) is 21.8. The van der Waals surface area contributed by atoms with Crippen LogP contribution in [0.25, 0.3) is 0 Å². The summed E-state index contributed by atoms with van der Waals surface area (Å²) in [5, 5.41) is 23.3. The maximum Gasteiger partial charge on any atom is 0.305 e. The zero-order valence-electron chi connectivity index (χ0n) is 21.0. The first-order valence-corrected chi connectivity index (χ1v) is 13.7. The summed E-state index contributed by atoms with van der Waals surface area (Å²) >= 11 is 0. The van der Waals surface area contributed by atoms with Crippen molar-refractivity contribution in [3.63, 3.8) is 0 Å². The third-order valence-electron chi connectivity index (χ3n) is 6.28. The third-order valence-corrected chi connectivity index (χ3v) is 8.07. The number of hydrogen-bond donors (Lipinski definition) is 2. The minimum atomic E-state index is -4.14. The van der Waals surface area contributed by atoms with Crippen LogP contribution in [0, 0.1) is 10.1 Å². The number of non-ortho nitro benzene ring substituents is 1. The molecule has 14 heteroatoms. The number of carbonyl (C=O) groups is 3. The predicted octanol–water partition coefficient (Wildman–Crippen LogP) is 1.94. The average molecular weight is 568 g/mol. The van der Waals surface area contributed by atoms with Gasteiger partial charge in [-0.05, 0) is 23.3 Å². The molecular formula is C26H25N5O8S. The lowest BCUT2D eigenvalue weighted by Crippen LogP contribution is -2.54. The van der Waals surface area contributed by atoms with E-state index in [0.29, 0.717) is 5.56 Å². The predicted molar refractivity (Wildman–Crippen MR) is 141 cm³/mol. The minimum Gasteiger partial charge on any atom is -0.481 e. The van der Waals surface area contributed by atoms with Crippen LogP contribution in [-0.2, 0) is 25.4 Å². The van der Waals surface area contributed by atoms with E-state index in [-0.39, 0.29) is 29.9 Å². The van der Waals surface area contributed by atoms with Crippen LogP contribution in [0.4, 0.5) is 5.69 Å². The van der Waals surface area contributed by atoms with Crippen LogP contribution in [0.1, 0.15) is 33.9 Å². The Morgan fingerprint density at radius 3 is 2.40 bits per heavy atom. The van der Waals surface area contributed by atoms with E-state index in [1.807, 2.05) is 0 Å². The van der Waals surface area contributed by atoms with Gasteiger partial charge in [0.15, 0.2) is 6.17 Å². The van der Waals surface area contributed by atoms with Crippen molar-refractivity contribution in [1.29, 1.82) is 0 Å². The molecule has 1 aliphatic heterocycles. The lowest BCUT2D eigenvalue weighted by molar-refractivity contribution is -0.384. The smallest absolute Gasteiger partial charge is 0.305 e. The van der Waals surface area contributed by atoms with Crippen LogP contribution in [0.2, 0.25) is 0 Å². The molecule has 13 nitrogen and oxygen atoms in total. The summed E-state index contributed by atoms with van der Waals surface area (Å²) in [6, 6.07) is 15.0. The highest BCUT2D eigenvalue weighted by molar-refractivity contribution is 7.88. The van der Waals surface area contributed by atoms with E-state index < -0.39 is 57.1 Å². The largest absolute Gasteiger partial charge is 0.481 e. The van der Waals surface area contributed by atoms with Gasteiger partial charge in [-0.25, -0.2) is 8.42 Å². The number of nitro benzene ring substituents is 1. The van der Waals surface area contributed by atoms with Crippen molar-refractivity contribution in [2.75, 3.05) is 13.1 Å². The lowest BCUT2D eigenvalue weighted by atomic mass is 10.0. The molecule has 2 atom stereocenters. The highest BCUT2D eigenvalue weighted by Crippen LogP contribution is 2.27. The van der Waals surface area contributed by atoms with Gasteiger partial charge in [0.1, 0.15) is 0 Å². The second kappa shape index (κ2) is 12.0. The second-order valence-corrected chi connectivity index (χ2v) is 10.9. The van der Waals surface area contributed by atoms with Gasteiger partial charge in [0.25, 0.3) is 17.5 Å². The molecule has 2 N–H and O–H groups in total. The third kappa shape index (κ3) is 6.47. The molecule has 4 rings (SSSR count). The number of benzene rings is 2. The quantitative estimate of drug-likeness (QED) is 0.273. The van der Waals surface area contributed by atoms with Crippen LogP contribution < -0.4 is 5.32 Å². The average Bonchev–Trinajstić information content (AvgIpc) is 3.39. The van der Waals surface area contributed by atoms with Crippen LogP contribution in [0.5, 0.6) is 0 Å². The molecule has 2 unspecified atom stereocenters. The number of pyridine rings is 1. The Balaban J connectivity index is 1.70. The van der Waals surface area contributed by atoms with Gasteiger partial charge in [-0.15, -0.1) is 0 Å². The molecule has 2 aromatic carbocycles. The Labute approximate surface area is 229 Å². The summed E-state index contributed by atoms with van der Waals surface area (Å²) in [6.45, 7) is -0.280. The fourth-order valence-electron chi connectivity index (χ4n) is 4.44. The Hall–Kier alpha value is -4.69. The summed E-state index contributed by atoms with van der Waals surface area (Å²) in [4.78, 5) is 54.3. The number of carboxylic acids is 1. The Bertz CT molecular complexity index is 1520. The van der Waals surface area contributed by atoms with Crippen LogP contribution >= 0.6 is 0 Å². The highest BCUT2D eigenvalue weighted by Gasteiger charge is 2.46. The van der Waals surface area contributed by atoms with E-state index in [1.165, 1.54) is 42.7 Å². The van der Waals surface area contributed by atoms with Crippen LogP contribution in [0.3, 0.4) is 0 Å². The van der Waals surface area contributed by atoms with Crippen molar-refractivity contribution in [2.24, 2.45) is 0 Å². The van der Waals surface area contributed by atoms with Crippen LogP contribution in [0.15, 0.2) is 79.1 Å². The summed E-state index contributed by atoms with van der Waals surface area (Å²) < 4.78 is 27.9. The molecule has 208 valence electrons. The SMILES string of the molecule is O=C(O)CC(NC(=O)C1N(C(=O)c2ccncc2)CCN1S(=O)(=O)Cc1ccccc1)c1cccc([N+](=O)[O-])c1. The number of nitrogens with one attached hydrogen (secondary N) is 1. The molecule has 2 amide bonds. The molecule has 3 aromatic rings. The molecule has 0 spiro atoms. The Morgan fingerprint density at radius 1 is 1.05 bits per heavy atom. The van der Waals surface area contributed by atoms with E-state index in [1.54, 1.807) is 30.3 Å². The fourth-order valence-corrected chi connectivity index (χ4v) is 6.09. The maximum absolute atomic E-state index is 13.7. The second-order valence-electron chi connectivity index (χ2n) is 8.97. The Kier molecular flexibility index (Phi) is 8.50. The van der Waals surface area contributed by atoms with E-state index in [0.717, 1.165) is 15.3 Å². The van der Waals surface area contributed by atoms with Gasteiger partial charge < -0.3 is 15.3 Å². The number of sulfonamides is 1. The van der Waals surface area contributed by atoms with E-state index in [4.69, 9.17) is 0 Å². The van der Waals surface area contributed by atoms with Gasteiger partial charge in [0.05, 0.1) is 23.1 Å². The summed E-state index contributed by atoms with van der Waals surface area (Å²) in [6.07, 6.45) is 0.486. The Morgan fingerprint density at radius 2 is 1.75 bits per heavy atom. The number of hydrogen-bond acceptors (Lipinski definition) is 8. The summed E-state index contributed by atoms with van der Waals surface area (Å²) in [5.74, 6) is -3.31. The van der Waals surface area contributed by atoms with Gasteiger partial charge in [0.2, 0.25) is 10.0 Å². The van der Waals surface area contributed by atoms with Gasteiger partial charge in [-0.2, -0.15) is 4.31 Å².